The first kappa shape index (κ1) is 24.2. The number of alkyl halides is 3. The Hall–Kier alpha value is -2.48. The fourth-order valence-corrected chi connectivity index (χ4v) is 4.80. The van der Waals surface area contributed by atoms with Gasteiger partial charge in [0.05, 0.1) is 5.69 Å². The molecule has 0 aromatic heterocycles. The molecule has 0 N–H and O–H groups in total. The summed E-state index contributed by atoms with van der Waals surface area (Å²) in [5.74, 6) is -0.989. The Morgan fingerprint density at radius 1 is 1.06 bits per heavy atom. The van der Waals surface area contributed by atoms with Crippen molar-refractivity contribution in [3.63, 3.8) is 0 Å². The Kier molecular flexibility index (Phi) is 6.65. The highest BCUT2D eigenvalue weighted by molar-refractivity contribution is 8.02. The molecule has 0 bridgehead atoms. The Bertz CT molecular complexity index is 999. The lowest BCUT2D eigenvalue weighted by molar-refractivity contribution is -0.119. The topological polar surface area (TPSA) is 46.6 Å². The van der Waals surface area contributed by atoms with Crippen molar-refractivity contribution in [3.8, 4) is 0 Å². The molecule has 172 valence electrons. The van der Waals surface area contributed by atoms with Gasteiger partial charge in [-0.2, -0.15) is 13.2 Å². The number of rotatable bonds is 5. The van der Waals surface area contributed by atoms with Crippen LogP contribution in [0.2, 0.25) is 0 Å². The van der Waals surface area contributed by atoms with E-state index in [0.29, 0.717) is 0 Å². The number of carbonyl (C=O) groups is 2. The largest absolute Gasteiger partial charge is 0.443 e. The Labute approximate surface area is 190 Å². The van der Waals surface area contributed by atoms with E-state index in [-0.39, 0.29) is 16.8 Å². The molecule has 0 fully saturated rings. The molecule has 2 aromatic carbocycles. The number of hydrogen-bond donors (Lipinski definition) is 0. The number of halogens is 3. The van der Waals surface area contributed by atoms with Crippen molar-refractivity contribution < 1.29 is 27.5 Å². The third-order valence-electron chi connectivity index (χ3n) is 5.05. The van der Waals surface area contributed by atoms with Gasteiger partial charge in [0, 0.05) is 5.56 Å². The highest BCUT2D eigenvalue weighted by atomic mass is 32.2. The van der Waals surface area contributed by atoms with Crippen molar-refractivity contribution in [2.75, 3.05) is 4.90 Å². The van der Waals surface area contributed by atoms with E-state index in [1.165, 1.54) is 12.1 Å². The molecule has 0 unspecified atom stereocenters. The summed E-state index contributed by atoms with van der Waals surface area (Å²) in [6.07, 6.45) is 1.74. The number of para-hydroxylation sites is 1. The van der Waals surface area contributed by atoms with Crippen LogP contribution in [0.5, 0.6) is 0 Å². The van der Waals surface area contributed by atoms with E-state index in [9.17, 15) is 22.8 Å². The zero-order valence-electron chi connectivity index (χ0n) is 18.5. The normalized spacial score (nSPS) is 18.6. The average molecular weight is 466 g/mol. The van der Waals surface area contributed by atoms with Crippen LogP contribution < -0.4 is 4.90 Å². The van der Waals surface area contributed by atoms with Gasteiger partial charge in [0.15, 0.2) is 4.75 Å². The molecule has 0 radical (unpaired) electrons. The Morgan fingerprint density at radius 2 is 1.69 bits per heavy atom. The second-order valence-electron chi connectivity index (χ2n) is 8.67. The standard InChI is InChI=1S/C24H26F3NO3S/c1-5-6-9-16-12-14-17(15-13-16)23(32-24(25,26)27)18-10-7-8-11-19(18)28(20(23)29)21(30)31-22(2,3)4/h7-8,10-15H,5-6,9H2,1-4H3/t23-/m0/s1. The third kappa shape index (κ3) is 4.80. The Balaban J connectivity index is 2.17. The zero-order valence-corrected chi connectivity index (χ0v) is 19.3. The number of hydrogen-bond acceptors (Lipinski definition) is 4. The van der Waals surface area contributed by atoms with Gasteiger partial charge in [-0.05, 0) is 62.6 Å². The molecule has 1 aliphatic rings. The molecule has 2 amide bonds. The number of thioether (sulfide) groups is 1. The van der Waals surface area contributed by atoms with Gasteiger partial charge >= 0.3 is 11.6 Å². The van der Waals surface area contributed by atoms with Gasteiger partial charge in [0.25, 0.3) is 5.91 Å². The van der Waals surface area contributed by atoms with Crippen LogP contribution >= 0.6 is 11.8 Å². The molecule has 1 atom stereocenters. The molecule has 0 saturated heterocycles. The molecule has 3 rings (SSSR count). The number of unbranched alkanes of at least 4 members (excludes halogenated alkanes) is 1. The van der Waals surface area contributed by atoms with Crippen LogP contribution in [0.3, 0.4) is 0 Å². The molecule has 0 aliphatic carbocycles. The van der Waals surface area contributed by atoms with Crippen LogP contribution in [0.1, 0.15) is 57.2 Å². The maximum absolute atomic E-state index is 13.8. The predicted molar refractivity (Wildman–Crippen MR) is 120 cm³/mol. The highest BCUT2D eigenvalue weighted by Crippen LogP contribution is 2.58. The Morgan fingerprint density at radius 3 is 2.25 bits per heavy atom. The van der Waals surface area contributed by atoms with Crippen molar-refractivity contribution in [2.24, 2.45) is 0 Å². The highest BCUT2D eigenvalue weighted by Gasteiger charge is 2.60. The van der Waals surface area contributed by atoms with Gasteiger partial charge in [-0.25, -0.2) is 9.69 Å². The number of anilines is 1. The summed E-state index contributed by atoms with van der Waals surface area (Å²) in [5, 5.41) is 0. The van der Waals surface area contributed by atoms with E-state index in [1.54, 1.807) is 57.2 Å². The van der Waals surface area contributed by atoms with Gasteiger partial charge in [-0.15, -0.1) is 0 Å². The van der Waals surface area contributed by atoms with Gasteiger partial charge in [0.2, 0.25) is 0 Å². The van der Waals surface area contributed by atoms with E-state index in [0.717, 1.165) is 29.7 Å². The van der Waals surface area contributed by atoms with Crippen LogP contribution in [-0.2, 0) is 20.7 Å². The number of nitrogens with zero attached hydrogens (tertiary/aromatic N) is 1. The SMILES string of the molecule is CCCCc1ccc([C@@]2(SC(F)(F)F)C(=O)N(C(=O)OC(C)(C)C)c3ccccc32)cc1. The number of carbonyl (C=O) groups excluding carboxylic acids is 2. The minimum atomic E-state index is -4.73. The first-order valence-corrected chi connectivity index (χ1v) is 11.2. The van der Waals surface area contributed by atoms with Crippen LogP contribution in [0, 0.1) is 0 Å². The summed E-state index contributed by atoms with van der Waals surface area (Å²) in [5.41, 5.74) is -4.30. The fraction of sp³-hybridized carbons (Fsp3) is 0.417. The quantitative estimate of drug-likeness (QED) is 0.487. The molecule has 0 saturated carbocycles. The van der Waals surface area contributed by atoms with E-state index in [4.69, 9.17) is 4.74 Å². The van der Waals surface area contributed by atoms with Crippen molar-refractivity contribution in [1.29, 1.82) is 0 Å². The monoisotopic (exact) mass is 465 g/mol. The smallest absolute Gasteiger partial charge is 0.443 e. The van der Waals surface area contributed by atoms with Crippen molar-refractivity contribution in [2.45, 2.75) is 62.8 Å². The van der Waals surface area contributed by atoms with Crippen molar-refractivity contribution in [3.05, 3.63) is 65.2 Å². The molecule has 2 aromatic rings. The van der Waals surface area contributed by atoms with Gasteiger partial charge in [0.1, 0.15) is 5.60 Å². The second-order valence-corrected chi connectivity index (χ2v) is 9.95. The summed E-state index contributed by atoms with van der Waals surface area (Å²) < 4.78 is 44.7. The predicted octanol–water partition coefficient (Wildman–Crippen LogP) is 6.81. The molecule has 4 nitrogen and oxygen atoms in total. The minimum Gasteiger partial charge on any atom is -0.443 e. The summed E-state index contributed by atoms with van der Waals surface area (Å²) >= 11 is -0.420. The zero-order chi connectivity index (χ0) is 23.7. The number of aryl methyl sites for hydroxylation is 1. The number of benzene rings is 2. The van der Waals surface area contributed by atoms with Gasteiger partial charge in [-0.3, -0.25) is 4.79 Å². The molecule has 32 heavy (non-hydrogen) atoms. The van der Waals surface area contributed by atoms with E-state index in [2.05, 4.69) is 6.92 Å². The number of ether oxygens (including phenoxy) is 1. The maximum atomic E-state index is 13.8. The lowest BCUT2D eigenvalue weighted by atomic mass is 9.90. The number of fused-ring (bicyclic) bond motifs is 1. The molecular weight excluding hydrogens is 439 g/mol. The van der Waals surface area contributed by atoms with Gasteiger partial charge in [-0.1, -0.05) is 55.8 Å². The summed E-state index contributed by atoms with van der Waals surface area (Å²) in [6, 6.07) is 12.7. The molecule has 0 spiro atoms. The van der Waals surface area contributed by atoms with E-state index < -0.39 is 39.6 Å². The lowest BCUT2D eigenvalue weighted by Gasteiger charge is -2.30. The first-order valence-electron chi connectivity index (χ1n) is 10.4. The maximum Gasteiger partial charge on any atom is 0.443 e. The van der Waals surface area contributed by atoms with Crippen LogP contribution in [-0.4, -0.2) is 23.1 Å². The number of amides is 2. The molecule has 1 aliphatic heterocycles. The van der Waals surface area contributed by atoms with Gasteiger partial charge < -0.3 is 4.74 Å². The van der Waals surface area contributed by atoms with E-state index >= 15 is 0 Å². The van der Waals surface area contributed by atoms with Crippen LogP contribution in [0.4, 0.5) is 23.7 Å². The molecule has 8 heteroatoms. The first-order chi connectivity index (χ1) is 14.9. The molecular formula is C24H26F3NO3S. The second kappa shape index (κ2) is 8.81. The summed E-state index contributed by atoms with van der Waals surface area (Å²) in [4.78, 5) is 27.3. The lowest BCUT2D eigenvalue weighted by Crippen LogP contribution is -2.45. The van der Waals surface area contributed by atoms with E-state index in [1.807, 2.05) is 0 Å². The van der Waals surface area contributed by atoms with Crippen molar-refractivity contribution in [1.82, 2.24) is 0 Å². The third-order valence-corrected chi connectivity index (χ3v) is 6.22. The average Bonchev–Trinajstić information content (AvgIpc) is 2.93. The fourth-order valence-electron chi connectivity index (χ4n) is 3.73. The van der Waals surface area contributed by atoms with Crippen LogP contribution in [0.15, 0.2) is 48.5 Å². The number of imide groups is 1. The van der Waals surface area contributed by atoms with Crippen LogP contribution in [0.25, 0.3) is 0 Å². The molecule has 1 heterocycles. The van der Waals surface area contributed by atoms with Crippen molar-refractivity contribution >= 4 is 29.4 Å². The summed E-state index contributed by atoms with van der Waals surface area (Å²) in [6.45, 7) is 6.95. The summed E-state index contributed by atoms with van der Waals surface area (Å²) in [7, 11) is 0. The minimum absolute atomic E-state index is 0.0959.